The molecule has 0 saturated carbocycles. The van der Waals surface area contributed by atoms with Crippen LogP contribution in [-0.4, -0.2) is 79.4 Å². The number of carbonyl (C=O) groups is 5. The first-order valence-electron chi connectivity index (χ1n) is 20.8. The summed E-state index contributed by atoms with van der Waals surface area (Å²) in [7, 11) is -2.79. The van der Waals surface area contributed by atoms with E-state index in [1.165, 1.54) is 36.4 Å². The van der Waals surface area contributed by atoms with Gasteiger partial charge in [0.2, 0.25) is 0 Å². The summed E-state index contributed by atoms with van der Waals surface area (Å²) in [6, 6.07) is 44.6. The van der Waals surface area contributed by atoms with Gasteiger partial charge in [0.25, 0.3) is 26.8 Å². The Kier molecular flexibility index (Phi) is 26.0. The predicted octanol–water partition coefficient (Wildman–Crippen LogP) is 5.72. The standard InChI is InChI=1S/C19H13NO5S.C12H6O3.C11H7NO.C7H7ClO2S.C2H6O.2ClH.H3NO.Na.2H2O/c1-12-8-10-14(11-9-12)26(23,24)25-20-18(21)15-6-2-4-13-5-3-7-16(17(13)15)19(20)22;13-11-8-5-1-3-7-4-2-6-9(10(7)8)12(14)15-11;13-11-8-5-1-3-7-4-2-6-9(12-11)10(7)8;1-6-2-4-7(5-3-6)11(8,9)10;1-2-3;;;1-2;;;/h2-11H,1H3;1-6H;1-6H,(H,12,13);2-5H,1H3;3H,2H2,1H3;2*1H;2H,1H2;;2*1H2/q;;;;;;;;+1;;/p-1. The number of benzene rings is 8. The number of hydrogen-bond acceptors (Lipinski definition) is 15. The van der Waals surface area contributed by atoms with Gasteiger partial charge in [-0.1, -0.05) is 108 Å². The molecule has 3 aliphatic heterocycles. The Bertz CT molecular complexity index is 3470. The number of halogens is 3. The summed E-state index contributed by atoms with van der Waals surface area (Å²) in [6.45, 7) is 5.62. The number of ether oxygens (including phenoxy) is 1. The van der Waals surface area contributed by atoms with E-state index in [-0.39, 0.29) is 98.8 Å². The summed E-state index contributed by atoms with van der Waals surface area (Å²) in [5.41, 5.74) is 4.95. The number of carbonyl (C=O) groups excluding carboxylic acids is 5. The SMILES string of the molecule is CCO.Cc1ccc(S(=O)(=O)Cl)cc1.Cc1ccc(S(=O)(=O)ON2C(=O)c3cccc4cccc(c34)C2=O)cc1.Cl.Cl.NO.O.O=C1Nc2cccc3cccc1c23.O=C1OC(=O)c2cccc3cccc1c23.[Na+].[OH-]. The van der Waals surface area contributed by atoms with Crippen molar-refractivity contribution in [3.8, 4) is 0 Å². The molecule has 0 saturated heterocycles. The largest absolute Gasteiger partial charge is 1.00 e. The molecular formula is C51H47Cl3N3NaO15S2. The van der Waals surface area contributed by atoms with Gasteiger partial charge in [-0.15, -0.1) is 34.2 Å². The normalized spacial score (nSPS) is 12.0. The van der Waals surface area contributed by atoms with Crippen LogP contribution in [0.25, 0.3) is 32.3 Å². The first-order valence-corrected chi connectivity index (χ1v) is 24.6. The van der Waals surface area contributed by atoms with Crippen molar-refractivity contribution in [3.05, 3.63) is 197 Å². The Labute approximate surface area is 469 Å². The third kappa shape index (κ3) is 15.2. The summed E-state index contributed by atoms with van der Waals surface area (Å²) < 4.78 is 55.9. The van der Waals surface area contributed by atoms with Gasteiger partial charge in [0.15, 0.2) is 0 Å². The van der Waals surface area contributed by atoms with Crippen molar-refractivity contribution in [1.29, 1.82) is 0 Å². The zero-order valence-corrected chi connectivity index (χ0v) is 46.1. The minimum atomic E-state index is -4.33. The van der Waals surface area contributed by atoms with E-state index in [0.29, 0.717) is 27.0 Å². The molecule has 3 heterocycles. The maximum atomic E-state index is 12.7. The number of hydroxylamine groups is 2. The van der Waals surface area contributed by atoms with Crippen molar-refractivity contribution < 1.29 is 101 Å². The zero-order valence-electron chi connectivity index (χ0n) is 40.1. The average Bonchev–Trinajstić information content (AvgIpc) is 3.68. The van der Waals surface area contributed by atoms with Crippen LogP contribution in [-0.2, 0) is 28.2 Å². The number of aliphatic hydroxyl groups excluding tert-OH is 1. The van der Waals surface area contributed by atoms with E-state index < -0.39 is 42.9 Å². The van der Waals surface area contributed by atoms with Crippen molar-refractivity contribution in [2.45, 2.75) is 30.6 Å². The van der Waals surface area contributed by atoms with Crippen LogP contribution in [0, 0.1) is 13.8 Å². The minimum absolute atomic E-state index is 0. The molecule has 0 atom stereocenters. The molecule has 75 heavy (non-hydrogen) atoms. The molecule has 8 aromatic carbocycles. The molecule has 0 spiro atoms. The monoisotopic (exact) mass is 1130 g/mol. The molecule has 8 aromatic rings. The number of nitrogens with zero attached hydrogens (tertiary/aromatic N) is 1. The molecule has 0 unspecified atom stereocenters. The molecule has 18 nitrogen and oxygen atoms in total. The topological polar surface area (TPSA) is 315 Å². The van der Waals surface area contributed by atoms with E-state index in [4.69, 9.17) is 25.3 Å². The molecular weight excluding hydrogens is 1090 g/mol. The van der Waals surface area contributed by atoms with Crippen LogP contribution in [0.15, 0.2) is 168 Å². The van der Waals surface area contributed by atoms with Gasteiger partial charge in [0.1, 0.15) is 0 Å². The third-order valence-electron chi connectivity index (χ3n) is 10.4. The minimum Gasteiger partial charge on any atom is -0.870 e. The number of nitrogens with two attached hydrogens (primary N) is 1. The molecule has 0 aromatic heterocycles. The Morgan fingerprint density at radius 3 is 1.29 bits per heavy atom. The van der Waals surface area contributed by atoms with Gasteiger partial charge < -0.3 is 31.3 Å². The van der Waals surface area contributed by atoms with E-state index in [2.05, 4.69) is 16.0 Å². The second kappa shape index (κ2) is 29.2. The summed E-state index contributed by atoms with van der Waals surface area (Å²) >= 11 is 0. The number of anilines is 1. The van der Waals surface area contributed by atoms with Crippen molar-refractivity contribution in [3.63, 3.8) is 0 Å². The van der Waals surface area contributed by atoms with E-state index in [9.17, 15) is 40.8 Å². The fourth-order valence-electron chi connectivity index (χ4n) is 7.32. The van der Waals surface area contributed by atoms with Crippen LogP contribution in [0.4, 0.5) is 5.69 Å². The Morgan fingerprint density at radius 2 is 0.893 bits per heavy atom. The van der Waals surface area contributed by atoms with E-state index >= 15 is 0 Å². The number of cyclic esters (lactones) is 2. The Balaban J connectivity index is 0.000000499. The van der Waals surface area contributed by atoms with Gasteiger partial charge in [-0.2, -0.15) is 8.42 Å². The van der Waals surface area contributed by atoms with Crippen LogP contribution in [0.1, 0.15) is 69.8 Å². The second-order valence-corrected chi connectivity index (χ2v) is 19.2. The van der Waals surface area contributed by atoms with Crippen LogP contribution in [0.2, 0.25) is 0 Å². The Morgan fingerprint density at radius 1 is 0.560 bits per heavy atom. The van der Waals surface area contributed by atoms with E-state index in [0.717, 1.165) is 43.9 Å². The number of nitrogens with one attached hydrogen (secondary N) is 1. The predicted molar refractivity (Wildman–Crippen MR) is 282 cm³/mol. The fourth-order valence-corrected chi connectivity index (χ4v) is 8.98. The molecule has 3 amide bonds. The summed E-state index contributed by atoms with van der Waals surface area (Å²) in [6.07, 6.45) is 0. The summed E-state index contributed by atoms with van der Waals surface area (Å²) in [5.74, 6) is 0.755. The summed E-state index contributed by atoms with van der Waals surface area (Å²) in [4.78, 5) is 59.7. The molecule has 0 aliphatic carbocycles. The molecule has 24 heteroatoms. The molecule has 0 bridgehead atoms. The third-order valence-corrected chi connectivity index (χ3v) is 13.0. The number of esters is 2. The van der Waals surface area contributed by atoms with Crippen LogP contribution < -0.4 is 40.8 Å². The molecule has 3 aliphatic rings. The number of hydrogen-bond donors (Lipinski definition) is 4. The number of aryl methyl sites for hydroxylation is 2. The van der Waals surface area contributed by atoms with Crippen molar-refractivity contribution >= 4 is 122 Å². The first-order chi connectivity index (χ1) is 33.4. The molecule has 0 fully saturated rings. The van der Waals surface area contributed by atoms with Crippen molar-refractivity contribution in [2.24, 2.45) is 5.90 Å². The second-order valence-electron chi connectivity index (χ2n) is 15.1. The van der Waals surface area contributed by atoms with Gasteiger partial charge >= 0.3 is 51.6 Å². The smallest absolute Gasteiger partial charge is 0.870 e. The van der Waals surface area contributed by atoms with E-state index in [1.807, 2.05) is 62.4 Å². The quantitative estimate of drug-likeness (QED) is 0.0409. The zero-order chi connectivity index (χ0) is 50.9. The van der Waals surface area contributed by atoms with E-state index in [1.54, 1.807) is 79.7 Å². The number of imide groups is 1. The average molecular weight is 1140 g/mol. The van der Waals surface area contributed by atoms with Crippen LogP contribution in [0.3, 0.4) is 0 Å². The van der Waals surface area contributed by atoms with Gasteiger partial charge in [-0.3, -0.25) is 14.4 Å². The maximum absolute atomic E-state index is 12.7. The number of amides is 3. The maximum Gasteiger partial charge on any atom is 1.00 e. The molecule has 0 radical (unpaired) electrons. The van der Waals surface area contributed by atoms with Gasteiger partial charge in [-0.25, -0.2) is 23.9 Å². The van der Waals surface area contributed by atoms with Gasteiger partial charge in [0.05, 0.1) is 32.0 Å². The van der Waals surface area contributed by atoms with Gasteiger partial charge in [-0.05, 0) is 97.6 Å². The fraction of sp³-hybridized carbons (Fsp3) is 0.0784. The van der Waals surface area contributed by atoms with Crippen molar-refractivity contribution in [1.82, 2.24) is 5.06 Å². The number of aliphatic hydroxyl groups is 1. The molecule has 390 valence electrons. The van der Waals surface area contributed by atoms with Crippen molar-refractivity contribution in [2.75, 3.05) is 11.9 Å². The molecule has 11 rings (SSSR count). The van der Waals surface area contributed by atoms with Crippen LogP contribution >= 0.6 is 35.5 Å². The number of rotatable bonds is 4. The first kappa shape index (κ1) is 66.8. The van der Waals surface area contributed by atoms with Crippen LogP contribution in [0.5, 0.6) is 0 Å². The Hall–Kier alpha value is -6.18. The van der Waals surface area contributed by atoms with Gasteiger partial charge in [0, 0.05) is 44.7 Å². The summed E-state index contributed by atoms with van der Waals surface area (Å²) in [5, 5.41) is 22.2. The molecule has 8 N–H and O–H groups in total.